The van der Waals surface area contributed by atoms with Crippen LogP contribution in [0.4, 0.5) is 4.39 Å². The number of para-hydroxylation sites is 1. The quantitative estimate of drug-likeness (QED) is 0.855. The van der Waals surface area contributed by atoms with Gasteiger partial charge in [-0.25, -0.2) is 4.39 Å². The Bertz CT molecular complexity index is 889. The number of benzene rings is 1. The van der Waals surface area contributed by atoms with Crippen LogP contribution in [0.5, 0.6) is 0 Å². The zero-order valence-electron chi connectivity index (χ0n) is 13.2. The molecule has 1 aliphatic rings. The third-order valence-electron chi connectivity index (χ3n) is 4.29. The number of aliphatic carboxylic acids is 1. The van der Waals surface area contributed by atoms with Crippen molar-refractivity contribution in [3.63, 3.8) is 0 Å². The number of hydrogen-bond donors (Lipinski definition) is 2. The highest BCUT2D eigenvalue weighted by Gasteiger charge is 2.40. The van der Waals surface area contributed by atoms with Crippen LogP contribution >= 0.6 is 0 Å². The summed E-state index contributed by atoms with van der Waals surface area (Å²) in [6.45, 7) is 0. The van der Waals surface area contributed by atoms with E-state index in [2.05, 4.69) is 10.4 Å². The number of nitrogens with one attached hydrogen (secondary N) is 1. The van der Waals surface area contributed by atoms with Gasteiger partial charge < -0.3 is 10.4 Å². The van der Waals surface area contributed by atoms with Gasteiger partial charge in [-0.15, -0.1) is 0 Å². The predicted molar refractivity (Wildman–Crippen MR) is 86.1 cm³/mol. The molecule has 2 aromatic rings. The van der Waals surface area contributed by atoms with Crippen LogP contribution in [0.25, 0.3) is 5.69 Å². The average molecular weight is 345 g/mol. The Morgan fingerprint density at radius 3 is 2.56 bits per heavy atom. The predicted octanol–water partition coefficient (Wildman–Crippen LogP) is 1.50. The van der Waals surface area contributed by atoms with E-state index in [0.717, 1.165) is 17.2 Å². The Labute approximate surface area is 142 Å². The summed E-state index contributed by atoms with van der Waals surface area (Å²) in [6, 6.07) is 7.96. The van der Waals surface area contributed by atoms with Gasteiger partial charge in [-0.1, -0.05) is 12.1 Å². The maximum absolute atomic E-state index is 13.9. The van der Waals surface area contributed by atoms with E-state index in [1.807, 2.05) is 0 Å². The summed E-state index contributed by atoms with van der Waals surface area (Å²) in [5.41, 5.74) is -1.51. The number of carboxylic acids is 1. The molecule has 0 unspecified atom stereocenters. The number of nitrogens with zero attached hydrogens (tertiary/aromatic N) is 2. The van der Waals surface area contributed by atoms with Gasteiger partial charge in [0, 0.05) is 6.07 Å². The van der Waals surface area contributed by atoms with Crippen molar-refractivity contribution in [2.24, 2.45) is 0 Å². The van der Waals surface area contributed by atoms with Crippen LogP contribution in [0.15, 0.2) is 41.2 Å². The van der Waals surface area contributed by atoms with E-state index in [-0.39, 0.29) is 17.8 Å². The average Bonchev–Trinajstić information content (AvgIpc) is 2.53. The summed E-state index contributed by atoms with van der Waals surface area (Å²) in [5, 5.41) is 15.6. The lowest BCUT2D eigenvalue weighted by atomic mass is 9.74. The van der Waals surface area contributed by atoms with Crippen LogP contribution in [0.1, 0.15) is 36.2 Å². The first kappa shape index (κ1) is 16.8. The van der Waals surface area contributed by atoms with E-state index in [1.54, 1.807) is 6.07 Å². The third kappa shape index (κ3) is 3.42. The van der Waals surface area contributed by atoms with E-state index in [0.29, 0.717) is 12.8 Å². The highest BCUT2D eigenvalue weighted by molar-refractivity contribution is 5.93. The standard InChI is InChI=1S/C17H16FN3O4/c18-11-4-1-2-5-13(11)21-14(22)7-6-12(20-21)16(25)19-17(8-3-9-17)10-15(23)24/h1-2,4-7H,3,8-10H2,(H,19,25)(H,23,24). The van der Waals surface area contributed by atoms with Gasteiger partial charge in [0.1, 0.15) is 17.2 Å². The smallest absolute Gasteiger partial charge is 0.305 e. The van der Waals surface area contributed by atoms with Crippen molar-refractivity contribution in [1.82, 2.24) is 15.1 Å². The number of carbonyl (C=O) groups is 2. The molecule has 0 aliphatic heterocycles. The van der Waals surface area contributed by atoms with Gasteiger partial charge in [0.05, 0.1) is 12.0 Å². The van der Waals surface area contributed by atoms with Gasteiger partial charge in [-0.2, -0.15) is 9.78 Å². The molecule has 3 rings (SSSR count). The number of carboxylic acid groups (broad SMARTS) is 1. The van der Waals surface area contributed by atoms with Crippen molar-refractivity contribution >= 4 is 11.9 Å². The lowest BCUT2D eigenvalue weighted by molar-refractivity contribution is -0.139. The lowest BCUT2D eigenvalue weighted by Crippen LogP contribution is -2.55. The molecule has 130 valence electrons. The minimum Gasteiger partial charge on any atom is -0.481 e. The molecule has 1 fully saturated rings. The van der Waals surface area contributed by atoms with Crippen LogP contribution in [-0.4, -0.2) is 32.3 Å². The normalized spacial score (nSPS) is 15.2. The van der Waals surface area contributed by atoms with Crippen molar-refractivity contribution in [3.05, 3.63) is 58.3 Å². The van der Waals surface area contributed by atoms with Gasteiger partial charge in [0.2, 0.25) is 0 Å². The molecule has 25 heavy (non-hydrogen) atoms. The number of rotatable bonds is 5. The van der Waals surface area contributed by atoms with Gasteiger partial charge in [-0.3, -0.25) is 14.4 Å². The Morgan fingerprint density at radius 1 is 1.24 bits per heavy atom. The summed E-state index contributed by atoms with van der Waals surface area (Å²) in [4.78, 5) is 35.4. The van der Waals surface area contributed by atoms with Crippen LogP contribution < -0.4 is 10.9 Å². The minimum atomic E-state index is -0.996. The second kappa shape index (κ2) is 6.46. The molecule has 0 radical (unpaired) electrons. The monoisotopic (exact) mass is 345 g/mol. The maximum Gasteiger partial charge on any atom is 0.305 e. The number of carbonyl (C=O) groups excluding carboxylic acids is 1. The van der Waals surface area contributed by atoms with Gasteiger partial charge in [0.15, 0.2) is 0 Å². The fourth-order valence-corrected chi connectivity index (χ4v) is 2.87. The zero-order chi connectivity index (χ0) is 18.0. The van der Waals surface area contributed by atoms with Crippen LogP contribution in [0.2, 0.25) is 0 Å². The third-order valence-corrected chi connectivity index (χ3v) is 4.29. The molecule has 1 aromatic carbocycles. The Morgan fingerprint density at radius 2 is 1.96 bits per heavy atom. The van der Waals surface area contributed by atoms with E-state index in [1.165, 1.54) is 24.3 Å². The molecule has 0 spiro atoms. The van der Waals surface area contributed by atoms with Crippen molar-refractivity contribution in [2.45, 2.75) is 31.2 Å². The van der Waals surface area contributed by atoms with Gasteiger partial charge >= 0.3 is 5.97 Å². The topological polar surface area (TPSA) is 101 Å². The summed E-state index contributed by atoms with van der Waals surface area (Å²) in [5.74, 6) is -2.23. The maximum atomic E-state index is 13.9. The molecule has 7 nitrogen and oxygen atoms in total. The molecule has 0 saturated heterocycles. The highest BCUT2D eigenvalue weighted by atomic mass is 19.1. The highest BCUT2D eigenvalue weighted by Crippen LogP contribution is 2.35. The van der Waals surface area contributed by atoms with Crippen molar-refractivity contribution < 1.29 is 19.1 Å². The Hall–Kier alpha value is -3.03. The second-order valence-corrected chi connectivity index (χ2v) is 6.08. The fourth-order valence-electron chi connectivity index (χ4n) is 2.87. The molecule has 1 saturated carbocycles. The molecule has 0 atom stereocenters. The lowest BCUT2D eigenvalue weighted by Gasteiger charge is -2.41. The summed E-state index contributed by atoms with van der Waals surface area (Å²) in [6.07, 6.45) is 1.79. The van der Waals surface area contributed by atoms with Crippen LogP contribution in [-0.2, 0) is 4.79 Å². The number of amides is 1. The van der Waals surface area contributed by atoms with Crippen molar-refractivity contribution in [1.29, 1.82) is 0 Å². The second-order valence-electron chi connectivity index (χ2n) is 6.08. The molecular weight excluding hydrogens is 329 g/mol. The molecule has 1 aromatic heterocycles. The molecule has 0 bridgehead atoms. The van der Waals surface area contributed by atoms with E-state index < -0.39 is 28.8 Å². The summed E-state index contributed by atoms with van der Waals surface area (Å²) in [7, 11) is 0. The fraction of sp³-hybridized carbons (Fsp3) is 0.294. The van der Waals surface area contributed by atoms with Crippen LogP contribution in [0.3, 0.4) is 0 Å². The Balaban J connectivity index is 1.90. The van der Waals surface area contributed by atoms with E-state index >= 15 is 0 Å². The largest absolute Gasteiger partial charge is 0.481 e. The zero-order valence-corrected chi connectivity index (χ0v) is 13.2. The number of hydrogen-bond acceptors (Lipinski definition) is 4. The molecular formula is C17H16FN3O4. The van der Waals surface area contributed by atoms with Crippen molar-refractivity contribution in [2.75, 3.05) is 0 Å². The molecule has 2 N–H and O–H groups in total. The Kier molecular flexibility index (Phi) is 4.35. The van der Waals surface area contributed by atoms with Crippen LogP contribution in [0, 0.1) is 5.82 Å². The van der Waals surface area contributed by atoms with Gasteiger partial charge in [0.25, 0.3) is 11.5 Å². The SMILES string of the molecule is O=C(O)CC1(NC(=O)c2ccc(=O)n(-c3ccccc3F)n2)CCC1. The molecule has 1 aliphatic carbocycles. The minimum absolute atomic E-state index is 0.0638. The summed E-state index contributed by atoms with van der Waals surface area (Å²) < 4.78 is 14.7. The van der Waals surface area contributed by atoms with Gasteiger partial charge in [-0.05, 0) is 37.5 Å². The summed E-state index contributed by atoms with van der Waals surface area (Å²) >= 11 is 0. The molecule has 1 heterocycles. The molecule has 8 heteroatoms. The van der Waals surface area contributed by atoms with E-state index in [4.69, 9.17) is 5.11 Å². The number of aromatic nitrogens is 2. The number of halogens is 1. The van der Waals surface area contributed by atoms with E-state index in [9.17, 15) is 18.8 Å². The first-order valence-electron chi connectivity index (χ1n) is 7.80. The van der Waals surface area contributed by atoms with Crippen molar-refractivity contribution in [3.8, 4) is 5.69 Å². The first-order valence-corrected chi connectivity index (χ1v) is 7.80. The first-order chi connectivity index (χ1) is 11.9. The molecule has 1 amide bonds.